The van der Waals surface area contributed by atoms with Gasteiger partial charge in [-0.25, -0.2) is 0 Å². The number of thiophene rings is 1. The standard InChI is InChI=1S/C17H20N2OS/c1-12(19-20-17(2,3)4)13-5-7-14(8-6-13)15-9-10-21-16(15)11-18/h5-10,12,19H,1-4H3/t12-/m1/s1. The van der Waals surface area contributed by atoms with Gasteiger partial charge >= 0.3 is 0 Å². The van der Waals surface area contributed by atoms with E-state index in [2.05, 4.69) is 30.6 Å². The molecular formula is C17H20N2OS. The van der Waals surface area contributed by atoms with Crippen molar-refractivity contribution >= 4 is 11.3 Å². The summed E-state index contributed by atoms with van der Waals surface area (Å²) in [6.45, 7) is 8.09. The predicted molar refractivity (Wildman–Crippen MR) is 86.9 cm³/mol. The Bertz CT molecular complexity index is 632. The lowest BCUT2D eigenvalue weighted by Gasteiger charge is -2.23. The van der Waals surface area contributed by atoms with Gasteiger partial charge in [-0.15, -0.1) is 11.3 Å². The summed E-state index contributed by atoms with van der Waals surface area (Å²) in [5, 5.41) is 11.0. The number of hydroxylamine groups is 1. The molecule has 4 heteroatoms. The molecule has 0 saturated heterocycles. The lowest BCUT2D eigenvalue weighted by atomic mass is 10.0. The number of rotatable bonds is 4. The number of nitriles is 1. The smallest absolute Gasteiger partial charge is 0.112 e. The second-order valence-corrected chi connectivity index (χ2v) is 6.87. The Labute approximate surface area is 130 Å². The van der Waals surface area contributed by atoms with Crippen LogP contribution in [0, 0.1) is 11.3 Å². The first-order valence-electron chi connectivity index (χ1n) is 6.92. The van der Waals surface area contributed by atoms with Crippen LogP contribution in [0.1, 0.15) is 44.2 Å². The van der Waals surface area contributed by atoms with E-state index < -0.39 is 0 Å². The lowest BCUT2D eigenvalue weighted by molar-refractivity contribution is -0.0866. The van der Waals surface area contributed by atoms with Gasteiger partial charge in [-0.1, -0.05) is 24.3 Å². The summed E-state index contributed by atoms with van der Waals surface area (Å²) >= 11 is 1.47. The van der Waals surface area contributed by atoms with E-state index in [4.69, 9.17) is 10.1 Å². The molecule has 0 fully saturated rings. The minimum Gasteiger partial charge on any atom is -0.296 e. The van der Waals surface area contributed by atoms with Crippen LogP contribution >= 0.6 is 11.3 Å². The molecule has 0 spiro atoms. The van der Waals surface area contributed by atoms with Gasteiger partial charge in [0.2, 0.25) is 0 Å². The first-order valence-corrected chi connectivity index (χ1v) is 7.80. The van der Waals surface area contributed by atoms with Crippen molar-refractivity contribution in [1.29, 1.82) is 5.26 Å². The second kappa shape index (κ2) is 6.40. The molecule has 1 N–H and O–H groups in total. The van der Waals surface area contributed by atoms with Gasteiger partial charge in [-0.05, 0) is 50.3 Å². The zero-order valence-corrected chi connectivity index (χ0v) is 13.6. The fraction of sp³-hybridized carbons (Fsp3) is 0.353. The van der Waals surface area contributed by atoms with Crippen molar-refractivity contribution in [1.82, 2.24) is 5.48 Å². The van der Waals surface area contributed by atoms with Crippen molar-refractivity contribution < 1.29 is 4.84 Å². The largest absolute Gasteiger partial charge is 0.296 e. The van der Waals surface area contributed by atoms with Crippen molar-refractivity contribution in [3.63, 3.8) is 0 Å². The minimum absolute atomic E-state index is 0.108. The van der Waals surface area contributed by atoms with Gasteiger partial charge in [0.15, 0.2) is 0 Å². The third kappa shape index (κ3) is 4.15. The fourth-order valence-electron chi connectivity index (χ4n) is 1.91. The molecule has 1 heterocycles. The Morgan fingerprint density at radius 1 is 1.19 bits per heavy atom. The molecule has 1 atom stereocenters. The van der Waals surface area contributed by atoms with Crippen LogP contribution in [0.5, 0.6) is 0 Å². The molecule has 0 unspecified atom stereocenters. The molecule has 0 amide bonds. The Balaban J connectivity index is 2.11. The molecule has 0 bridgehead atoms. The Morgan fingerprint density at radius 2 is 1.86 bits per heavy atom. The van der Waals surface area contributed by atoms with Gasteiger partial charge in [0.1, 0.15) is 10.9 Å². The maximum atomic E-state index is 9.09. The number of hydrogen-bond donors (Lipinski definition) is 1. The molecule has 0 aliphatic rings. The molecule has 3 nitrogen and oxygen atoms in total. The van der Waals surface area contributed by atoms with Crippen LogP contribution in [0.2, 0.25) is 0 Å². The molecule has 0 aliphatic carbocycles. The van der Waals surface area contributed by atoms with E-state index in [-0.39, 0.29) is 11.6 Å². The van der Waals surface area contributed by atoms with Crippen LogP contribution in [0.4, 0.5) is 0 Å². The van der Waals surface area contributed by atoms with Gasteiger partial charge in [0.25, 0.3) is 0 Å². The van der Waals surface area contributed by atoms with Crippen LogP contribution in [0.15, 0.2) is 35.7 Å². The zero-order valence-electron chi connectivity index (χ0n) is 12.8. The van der Waals surface area contributed by atoms with E-state index in [9.17, 15) is 0 Å². The average molecular weight is 300 g/mol. The molecular weight excluding hydrogens is 280 g/mol. The summed E-state index contributed by atoms with van der Waals surface area (Å²) in [5.74, 6) is 0. The predicted octanol–water partition coefficient (Wildman–Crippen LogP) is 4.67. The third-order valence-electron chi connectivity index (χ3n) is 3.03. The summed E-state index contributed by atoms with van der Waals surface area (Å²) in [6.07, 6.45) is 0. The zero-order chi connectivity index (χ0) is 15.5. The monoisotopic (exact) mass is 300 g/mol. The molecule has 0 saturated carbocycles. The fourth-order valence-corrected chi connectivity index (χ4v) is 2.61. The topological polar surface area (TPSA) is 45.0 Å². The summed E-state index contributed by atoms with van der Waals surface area (Å²) < 4.78 is 0. The number of hydrogen-bond acceptors (Lipinski definition) is 4. The summed E-state index contributed by atoms with van der Waals surface area (Å²) in [6, 6.07) is 12.6. The quantitative estimate of drug-likeness (QED) is 0.835. The van der Waals surface area contributed by atoms with Gasteiger partial charge in [0.05, 0.1) is 11.6 Å². The van der Waals surface area contributed by atoms with Crippen LogP contribution < -0.4 is 5.48 Å². The first kappa shape index (κ1) is 15.7. The van der Waals surface area contributed by atoms with E-state index in [1.165, 1.54) is 11.3 Å². The number of nitrogens with zero attached hydrogens (tertiary/aromatic N) is 1. The van der Waals surface area contributed by atoms with Crippen molar-refractivity contribution in [2.24, 2.45) is 0 Å². The molecule has 110 valence electrons. The van der Waals surface area contributed by atoms with Crippen LogP contribution in [0.25, 0.3) is 11.1 Å². The molecule has 2 aromatic rings. The summed E-state index contributed by atoms with van der Waals surface area (Å²) in [7, 11) is 0. The van der Waals surface area contributed by atoms with Gasteiger partial charge in [0, 0.05) is 5.56 Å². The van der Waals surface area contributed by atoms with Crippen molar-refractivity contribution in [3.05, 3.63) is 46.2 Å². The highest BCUT2D eigenvalue weighted by atomic mass is 32.1. The molecule has 21 heavy (non-hydrogen) atoms. The Morgan fingerprint density at radius 3 is 2.43 bits per heavy atom. The highest BCUT2D eigenvalue weighted by Crippen LogP contribution is 2.28. The normalized spacial score (nSPS) is 12.9. The van der Waals surface area contributed by atoms with Crippen molar-refractivity contribution in [2.75, 3.05) is 0 Å². The maximum absolute atomic E-state index is 9.09. The Hall–Kier alpha value is -1.67. The van der Waals surface area contributed by atoms with E-state index in [1.54, 1.807) is 0 Å². The third-order valence-corrected chi connectivity index (χ3v) is 3.85. The van der Waals surface area contributed by atoms with E-state index >= 15 is 0 Å². The SMILES string of the molecule is C[C@@H](NOC(C)(C)C)c1ccc(-c2ccsc2C#N)cc1. The van der Waals surface area contributed by atoms with Gasteiger partial charge in [-0.2, -0.15) is 10.7 Å². The molecule has 1 aromatic carbocycles. The summed E-state index contributed by atoms with van der Waals surface area (Å²) in [4.78, 5) is 6.35. The van der Waals surface area contributed by atoms with E-state index in [0.717, 1.165) is 21.6 Å². The van der Waals surface area contributed by atoms with Crippen LogP contribution in [0.3, 0.4) is 0 Å². The van der Waals surface area contributed by atoms with Crippen LogP contribution in [-0.4, -0.2) is 5.60 Å². The van der Waals surface area contributed by atoms with Gasteiger partial charge < -0.3 is 0 Å². The number of nitrogens with one attached hydrogen (secondary N) is 1. The van der Waals surface area contributed by atoms with Crippen LogP contribution in [-0.2, 0) is 4.84 Å². The van der Waals surface area contributed by atoms with Gasteiger partial charge in [-0.3, -0.25) is 4.84 Å². The molecule has 0 radical (unpaired) electrons. The maximum Gasteiger partial charge on any atom is 0.112 e. The minimum atomic E-state index is -0.216. The first-order chi connectivity index (χ1) is 9.90. The highest BCUT2D eigenvalue weighted by Gasteiger charge is 2.14. The average Bonchev–Trinajstić information content (AvgIpc) is 2.92. The number of benzene rings is 1. The second-order valence-electron chi connectivity index (χ2n) is 5.95. The van der Waals surface area contributed by atoms with E-state index in [1.807, 2.05) is 44.4 Å². The van der Waals surface area contributed by atoms with Crippen molar-refractivity contribution in [2.45, 2.75) is 39.3 Å². The molecule has 2 rings (SSSR count). The molecule has 1 aromatic heterocycles. The Kier molecular flexibility index (Phi) is 4.79. The van der Waals surface area contributed by atoms with E-state index in [0.29, 0.717) is 0 Å². The van der Waals surface area contributed by atoms with Crippen molar-refractivity contribution in [3.8, 4) is 17.2 Å². The summed E-state index contributed by atoms with van der Waals surface area (Å²) in [5.41, 5.74) is 6.07. The molecule has 0 aliphatic heterocycles. The lowest BCUT2D eigenvalue weighted by Crippen LogP contribution is -2.30. The highest BCUT2D eigenvalue weighted by molar-refractivity contribution is 7.11.